The minimum Gasteiger partial charge on any atom is -0.370 e. The van der Waals surface area contributed by atoms with Crippen molar-refractivity contribution in [2.45, 2.75) is 6.10 Å². The van der Waals surface area contributed by atoms with Crippen molar-refractivity contribution in [3.8, 4) is 0 Å². The number of rotatable bonds is 2. The number of benzene rings is 1. The predicted molar refractivity (Wildman–Crippen MR) is 89.5 cm³/mol. The third-order valence-electron chi connectivity index (χ3n) is 3.71. The molecule has 1 aliphatic rings. The molecule has 1 atom stereocenters. The Morgan fingerprint density at radius 3 is 2.82 bits per heavy atom. The summed E-state index contributed by atoms with van der Waals surface area (Å²) in [5, 5.41) is 4.80. The zero-order valence-corrected chi connectivity index (χ0v) is 14.3. The highest BCUT2D eigenvalue weighted by molar-refractivity contribution is 9.10. The molecule has 0 aliphatic carbocycles. The summed E-state index contributed by atoms with van der Waals surface area (Å²) in [4.78, 5) is 14.1. The number of anilines is 1. The summed E-state index contributed by atoms with van der Waals surface area (Å²) in [6.07, 6.45) is 1.65. The van der Waals surface area contributed by atoms with Crippen LogP contribution in [0.15, 0.2) is 39.7 Å². The largest absolute Gasteiger partial charge is 0.370 e. The van der Waals surface area contributed by atoms with Gasteiger partial charge in [0.2, 0.25) is 0 Å². The van der Waals surface area contributed by atoms with Gasteiger partial charge in [-0.3, -0.25) is 4.79 Å². The third-order valence-corrected chi connectivity index (χ3v) is 4.71. The van der Waals surface area contributed by atoms with Crippen molar-refractivity contribution < 1.29 is 4.74 Å². The normalized spacial score (nSPS) is 18.5. The van der Waals surface area contributed by atoms with Crippen LogP contribution < -0.4 is 10.5 Å². The van der Waals surface area contributed by atoms with Crippen LogP contribution >= 0.6 is 27.5 Å². The van der Waals surface area contributed by atoms with Gasteiger partial charge in [-0.15, -0.1) is 0 Å². The van der Waals surface area contributed by atoms with Crippen LogP contribution in [0.25, 0.3) is 0 Å². The van der Waals surface area contributed by atoms with E-state index in [1.165, 1.54) is 4.68 Å². The Balaban J connectivity index is 1.86. The maximum Gasteiger partial charge on any atom is 0.282 e. The lowest BCUT2D eigenvalue weighted by Gasteiger charge is -2.35. The molecule has 7 heteroatoms. The molecule has 2 heterocycles. The molecule has 116 valence electrons. The van der Waals surface area contributed by atoms with Gasteiger partial charge in [0.05, 0.1) is 18.5 Å². The molecule has 0 bridgehead atoms. The van der Waals surface area contributed by atoms with Gasteiger partial charge in [-0.1, -0.05) is 23.7 Å². The smallest absolute Gasteiger partial charge is 0.282 e. The molecule has 1 aromatic heterocycles. The zero-order valence-electron chi connectivity index (χ0n) is 12.0. The lowest BCUT2D eigenvalue weighted by atomic mass is 10.1. The molecule has 0 radical (unpaired) electrons. The van der Waals surface area contributed by atoms with E-state index in [1.807, 2.05) is 24.3 Å². The van der Waals surface area contributed by atoms with Crippen molar-refractivity contribution in [3.05, 3.63) is 55.9 Å². The molecular formula is C15H15BrClN3O2. The van der Waals surface area contributed by atoms with E-state index in [4.69, 9.17) is 16.3 Å². The fourth-order valence-corrected chi connectivity index (χ4v) is 3.21. The van der Waals surface area contributed by atoms with Crippen molar-refractivity contribution in [1.29, 1.82) is 0 Å². The van der Waals surface area contributed by atoms with Gasteiger partial charge in [-0.05, 0) is 33.6 Å². The summed E-state index contributed by atoms with van der Waals surface area (Å²) in [7, 11) is 1.63. The minimum atomic E-state index is -0.146. The summed E-state index contributed by atoms with van der Waals surface area (Å²) in [6, 6.07) is 7.64. The van der Waals surface area contributed by atoms with Gasteiger partial charge in [0, 0.05) is 25.2 Å². The molecule has 1 unspecified atom stereocenters. The molecule has 1 saturated heterocycles. The average molecular weight is 385 g/mol. The van der Waals surface area contributed by atoms with Crippen LogP contribution in [0.3, 0.4) is 0 Å². The number of aryl methyl sites for hydroxylation is 1. The second kappa shape index (κ2) is 6.40. The van der Waals surface area contributed by atoms with E-state index in [2.05, 4.69) is 25.9 Å². The first-order valence-corrected chi connectivity index (χ1v) is 8.07. The van der Waals surface area contributed by atoms with Gasteiger partial charge in [0.25, 0.3) is 5.56 Å². The number of hydrogen-bond acceptors (Lipinski definition) is 4. The van der Waals surface area contributed by atoms with E-state index in [9.17, 15) is 4.79 Å². The second-order valence-electron chi connectivity index (χ2n) is 5.13. The molecule has 0 amide bonds. The molecular weight excluding hydrogens is 370 g/mol. The van der Waals surface area contributed by atoms with Crippen LogP contribution in [0.1, 0.15) is 11.7 Å². The Bertz CT molecular complexity index is 733. The zero-order chi connectivity index (χ0) is 15.7. The Hall–Kier alpha value is -1.37. The maximum atomic E-state index is 12.0. The van der Waals surface area contributed by atoms with E-state index >= 15 is 0 Å². The van der Waals surface area contributed by atoms with E-state index in [0.717, 1.165) is 17.8 Å². The standard InChI is InChI=1S/C15H15BrClN3O2/c1-19-15(21)14(16)12(8-18-19)20-6-7-22-13(9-20)10-2-4-11(17)5-3-10/h2-5,8,13H,6-7,9H2,1H3. The number of aromatic nitrogens is 2. The minimum absolute atomic E-state index is 0.0537. The van der Waals surface area contributed by atoms with Crippen molar-refractivity contribution in [1.82, 2.24) is 9.78 Å². The van der Waals surface area contributed by atoms with Crippen LogP contribution in [0, 0.1) is 0 Å². The van der Waals surface area contributed by atoms with Gasteiger partial charge < -0.3 is 9.64 Å². The van der Waals surface area contributed by atoms with E-state index in [0.29, 0.717) is 22.6 Å². The maximum absolute atomic E-state index is 12.0. The summed E-state index contributed by atoms with van der Waals surface area (Å²) >= 11 is 9.30. The highest BCUT2D eigenvalue weighted by Gasteiger charge is 2.24. The lowest BCUT2D eigenvalue weighted by Crippen LogP contribution is -2.39. The first-order chi connectivity index (χ1) is 10.6. The monoisotopic (exact) mass is 383 g/mol. The SMILES string of the molecule is Cn1ncc(N2CCOC(c3ccc(Cl)cc3)C2)c(Br)c1=O. The van der Waals surface area contributed by atoms with Gasteiger partial charge in [0.15, 0.2) is 0 Å². The Labute approximate surface area is 141 Å². The van der Waals surface area contributed by atoms with Gasteiger partial charge in [-0.2, -0.15) is 5.10 Å². The van der Waals surface area contributed by atoms with Gasteiger partial charge in [-0.25, -0.2) is 4.68 Å². The third kappa shape index (κ3) is 3.04. The summed E-state index contributed by atoms with van der Waals surface area (Å²) in [5.41, 5.74) is 1.72. The van der Waals surface area contributed by atoms with E-state index < -0.39 is 0 Å². The quantitative estimate of drug-likeness (QED) is 0.799. The molecule has 1 fully saturated rings. The van der Waals surface area contributed by atoms with Crippen molar-refractivity contribution in [2.24, 2.45) is 7.05 Å². The summed E-state index contributed by atoms with van der Waals surface area (Å²) in [6.45, 7) is 1.97. The number of hydrogen-bond donors (Lipinski definition) is 0. The summed E-state index contributed by atoms with van der Waals surface area (Å²) in [5.74, 6) is 0. The Morgan fingerprint density at radius 2 is 2.09 bits per heavy atom. The van der Waals surface area contributed by atoms with E-state index in [1.54, 1.807) is 13.2 Å². The first kappa shape index (κ1) is 15.5. The fourth-order valence-electron chi connectivity index (χ4n) is 2.47. The fraction of sp³-hybridized carbons (Fsp3) is 0.333. The van der Waals surface area contributed by atoms with E-state index in [-0.39, 0.29) is 11.7 Å². The van der Waals surface area contributed by atoms with Crippen molar-refractivity contribution in [3.63, 3.8) is 0 Å². The first-order valence-electron chi connectivity index (χ1n) is 6.90. The van der Waals surface area contributed by atoms with Crippen LogP contribution in [-0.4, -0.2) is 29.5 Å². The predicted octanol–water partition coefficient (Wildman–Crippen LogP) is 2.77. The molecule has 3 rings (SSSR count). The van der Waals surface area contributed by atoms with Gasteiger partial charge in [0.1, 0.15) is 10.6 Å². The Morgan fingerprint density at radius 1 is 1.36 bits per heavy atom. The second-order valence-corrected chi connectivity index (χ2v) is 6.36. The molecule has 22 heavy (non-hydrogen) atoms. The molecule has 1 aliphatic heterocycles. The topological polar surface area (TPSA) is 47.4 Å². The van der Waals surface area contributed by atoms with Crippen molar-refractivity contribution >= 4 is 33.2 Å². The van der Waals surface area contributed by atoms with Crippen LogP contribution in [-0.2, 0) is 11.8 Å². The molecule has 1 aromatic carbocycles. The number of nitrogens with zero attached hydrogens (tertiary/aromatic N) is 3. The number of morpholine rings is 1. The average Bonchev–Trinajstić information content (AvgIpc) is 2.54. The highest BCUT2D eigenvalue weighted by atomic mass is 79.9. The number of ether oxygens (including phenoxy) is 1. The van der Waals surface area contributed by atoms with Crippen LogP contribution in [0.4, 0.5) is 5.69 Å². The molecule has 5 nitrogen and oxygen atoms in total. The van der Waals surface area contributed by atoms with Gasteiger partial charge >= 0.3 is 0 Å². The molecule has 2 aromatic rings. The molecule has 0 saturated carbocycles. The number of halogens is 2. The molecule has 0 spiro atoms. The summed E-state index contributed by atoms with van der Waals surface area (Å²) < 4.78 is 7.69. The highest BCUT2D eigenvalue weighted by Crippen LogP contribution is 2.29. The molecule has 0 N–H and O–H groups in total. The Kier molecular flexibility index (Phi) is 4.52. The van der Waals surface area contributed by atoms with Crippen molar-refractivity contribution in [2.75, 3.05) is 24.6 Å². The lowest BCUT2D eigenvalue weighted by molar-refractivity contribution is 0.0397. The van der Waals surface area contributed by atoms with Crippen LogP contribution in [0.2, 0.25) is 5.02 Å². The van der Waals surface area contributed by atoms with Crippen LogP contribution in [0.5, 0.6) is 0 Å².